The van der Waals surface area contributed by atoms with Gasteiger partial charge in [-0.05, 0) is 30.0 Å². The third-order valence-corrected chi connectivity index (χ3v) is 3.03. The number of nitrogens with one attached hydrogen (secondary N) is 1. The van der Waals surface area contributed by atoms with Crippen molar-refractivity contribution in [2.24, 2.45) is 11.8 Å². The van der Waals surface area contributed by atoms with Gasteiger partial charge in [0.1, 0.15) is 0 Å². The van der Waals surface area contributed by atoms with Gasteiger partial charge in [-0.2, -0.15) is 0 Å². The van der Waals surface area contributed by atoms with Crippen LogP contribution in [0, 0.1) is 23.4 Å². The fourth-order valence-electron chi connectivity index (χ4n) is 2.09. The minimum Gasteiger partial charge on any atom is -0.271 e. The van der Waals surface area contributed by atoms with Crippen molar-refractivity contribution in [2.75, 3.05) is 0 Å². The number of hydrogen-bond donors (Lipinski definition) is 2. The molecule has 0 aliphatic carbocycles. The first-order valence-corrected chi connectivity index (χ1v) is 6.10. The van der Waals surface area contributed by atoms with Crippen molar-refractivity contribution in [2.45, 2.75) is 39.2 Å². The van der Waals surface area contributed by atoms with Crippen molar-refractivity contribution in [3.8, 4) is 0 Å². The molecule has 2 nitrogen and oxygen atoms in total. The van der Waals surface area contributed by atoms with Gasteiger partial charge >= 0.3 is 0 Å². The maximum absolute atomic E-state index is 13.1. The second-order valence-corrected chi connectivity index (χ2v) is 4.65. The minimum absolute atomic E-state index is 0.330. The monoisotopic (exact) mass is 260 g/mol. The van der Waals surface area contributed by atoms with Gasteiger partial charge in [-0.15, -0.1) is 0 Å². The highest BCUT2D eigenvalue weighted by Crippen LogP contribution is 2.25. The lowest BCUT2D eigenvalue weighted by molar-refractivity contribution is 0.387. The summed E-state index contributed by atoms with van der Waals surface area (Å²) in [5.41, 5.74) is 2.86. The first kappa shape index (κ1) is 15.0. The molecule has 0 aromatic heterocycles. The largest absolute Gasteiger partial charge is 0.271 e. The van der Waals surface area contributed by atoms with Gasteiger partial charge in [-0.25, -0.2) is 13.2 Å². The molecule has 3 N–H and O–H groups in total. The lowest BCUT2D eigenvalue weighted by atomic mass is 9.93. The van der Waals surface area contributed by atoms with Gasteiger partial charge in [0.25, 0.3) is 0 Å². The molecule has 1 aromatic carbocycles. The zero-order valence-electron chi connectivity index (χ0n) is 10.6. The van der Waals surface area contributed by atoms with Crippen molar-refractivity contribution in [1.29, 1.82) is 0 Å². The van der Waals surface area contributed by atoms with Gasteiger partial charge < -0.3 is 0 Å². The molecular formula is C13H19F3N2. The second kappa shape index (κ2) is 6.75. The van der Waals surface area contributed by atoms with Crippen LogP contribution < -0.4 is 11.3 Å². The fourth-order valence-corrected chi connectivity index (χ4v) is 2.09. The Balaban J connectivity index is 2.88. The van der Waals surface area contributed by atoms with Gasteiger partial charge in [-0.1, -0.05) is 26.7 Å². The molecule has 0 amide bonds. The Morgan fingerprint density at radius 2 is 1.78 bits per heavy atom. The molecule has 0 saturated heterocycles. The molecule has 0 fully saturated rings. The standard InChI is InChI=1S/C13H19F3N2/c1-3-4-8(2)5-12(18-17)9-6-10(14)13(16)11(15)7-9/h6-8,12,18H,3-5,17H2,1-2H3. The van der Waals surface area contributed by atoms with E-state index in [4.69, 9.17) is 5.84 Å². The zero-order chi connectivity index (χ0) is 13.7. The predicted octanol–water partition coefficient (Wildman–Crippen LogP) is 3.43. The number of hydrazine groups is 1. The summed E-state index contributed by atoms with van der Waals surface area (Å²) in [5, 5.41) is 0. The van der Waals surface area contributed by atoms with Gasteiger partial charge in [0.05, 0.1) is 0 Å². The Morgan fingerprint density at radius 3 is 2.22 bits per heavy atom. The Labute approximate surface area is 105 Å². The lowest BCUT2D eigenvalue weighted by Crippen LogP contribution is -2.29. The van der Waals surface area contributed by atoms with E-state index in [1.54, 1.807) is 0 Å². The molecule has 0 heterocycles. The van der Waals surface area contributed by atoms with E-state index in [2.05, 4.69) is 12.3 Å². The molecule has 0 radical (unpaired) electrons. The topological polar surface area (TPSA) is 38.0 Å². The summed E-state index contributed by atoms with van der Waals surface area (Å²) in [6, 6.07) is 1.60. The number of rotatable bonds is 6. The van der Waals surface area contributed by atoms with Crippen LogP contribution >= 0.6 is 0 Å². The van der Waals surface area contributed by atoms with E-state index < -0.39 is 17.5 Å². The lowest BCUT2D eigenvalue weighted by Gasteiger charge is -2.20. The van der Waals surface area contributed by atoms with E-state index in [0.717, 1.165) is 25.0 Å². The number of benzene rings is 1. The molecule has 0 spiro atoms. The van der Waals surface area contributed by atoms with Crippen molar-refractivity contribution in [3.05, 3.63) is 35.1 Å². The third-order valence-electron chi connectivity index (χ3n) is 3.03. The molecule has 2 atom stereocenters. The maximum Gasteiger partial charge on any atom is 0.194 e. The maximum atomic E-state index is 13.1. The predicted molar refractivity (Wildman–Crippen MR) is 65.1 cm³/mol. The van der Waals surface area contributed by atoms with Crippen molar-refractivity contribution < 1.29 is 13.2 Å². The van der Waals surface area contributed by atoms with Crippen LogP contribution in [-0.2, 0) is 0 Å². The molecule has 18 heavy (non-hydrogen) atoms. The molecule has 0 aliphatic rings. The highest BCUT2D eigenvalue weighted by molar-refractivity contribution is 5.22. The van der Waals surface area contributed by atoms with Crippen LogP contribution in [0.15, 0.2) is 12.1 Å². The number of halogens is 3. The number of nitrogens with two attached hydrogens (primary N) is 1. The summed E-state index contributed by atoms with van der Waals surface area (Å²) < 4.78 is 39.1. The van der Waals surface area contributed by atoms with E-state index >= 15 is 0 Å². The van der Waals surface area contributed by atoms with E-state index in [0.29, 0.717) is 17.9 Å². The van der Waals surface area contributed by atoms with Gasteiger partial charge in [0.2, 0.25) is 0 Å². The normalized spacial score (nSPS) is 14.6. The van der Waals surface area contributed by atoms with Crippen LogP contribution in [-0.4, -0.2) is 0 Å². The molecule has 0 bridgehead atoms. The average molecular weight is 260 g/mol. The summed E-state index contributed by atoms with van der Waals surface area (Å²) in [6.07, 6.45) is 2.68. The van der Waals surface area contributed by atoms with Crippen molar-refractivity contribution >= 4 is 0 Å². The highest BCUT2D eigenvalue weighted by atomic mass is 19.2. The Kier molecular flexibility index (Phi) is 5.62. The molecule has 102 valence electrons. The Morgan fingerprint density at radius 1 is 1.22 bits per heavy atom. The summed E-state index contributed by atoms with van der Waals surface area (Å²) in [5.74, 6) is 1.95. The molecule has 2 unspecified atom stereocenters. The zero-order valence-corrected chi connectivity index (χ0v) is 10.6. The molecular weight excluding hydrogens is 241 g/mol. The summed E-state index contributed by atoms with van der Waals surface area (Å²) in [6.45, 7) is 4.11. The molecule has 0 saturated carbocycles. The van der Waals surface area contributed by atoms with E-state index in [9.17, 15) is 13.2 Å². The summed E-state index contributed by atoms with van der Waals surface area (Å²) >= 11 is 0. The quantitative estimate of drug-likeness (QED) is 0.467. The molecule has 1 rings (SSSR count). The van der Waals surface area contributed by atoms with E-state index in [1.807, 2.05) is 6.92 Å². The Bertz CT molecular complexity index is 373. The van der Waals surface area contributed by atoms with Crippen LogP contribution in [0.3, 0.4) is 0 Å². The van der Waals surface area contributed by atoms with Gasteiger partial charge in [0.15, 0.2) is 17.5 Å². The fraction of sp³-hybridized carbons (Fsp3) is 0.538. The third kappa shape index (κ3) is 3.71. The van der Waals surface area contributed by atoms with Crippen LogP contribution in [0.25, 0.3) is 0 Å². The average Bonchev–Trinajstić information content (AvgIpc) is 2.32. The minimum atomic E-state index is -1.45. The molecule has 1 aromatic rings. The van der Waals surface area contributed by atoms with Gasteiger partial charge in [-0.3, -0.25) is 11.3 Å². The second-order valence-electron chi connectivity index (χ2n) is 4.65. The molecule has 5 heteroatoms. The first-order valence-electron chi connectivity index (χ1n) is 6.10. The first-order chi connectivity index (χ1) is 8.49. The smallest absolute Gasteiger partial charge is 0.194 e. The van der Waals surface area contributed by atoms with Crippen molar-refractivity contribution in [1.82, 2.24) is 5.43 Å². The summed E-state index contributed by atoms with van der Waals surface area (Å²) in [4.78, 5) is 0. The van der Waals surface area contributed by atoms with Crippen molar-refractivity contribution in [3.63, 3.8) is 0 Å². The van der Waals surface area contributed by atoms with Crippen LogP contribution in [0.2, 0.25) is 0 Å². The number of hydrogen-bond acceptors (Lipinski definition) is 2. The summed E-state index contributed by atoms with van der Waals surface area (Å²) in [7, 11) is 0. The SMILES string of the molecule is CCCC(C)CC(NN)c1cc(F)c(F)c(F)c1. The van der Waals surface area contributed by atoms with E-state index in [1.165, 1.54) is 0 Å². The van der Waals surface area contributed by atoms with Crippen LogP contribution in [0.4, 0.5) is 13.2 Å². The Hall–Kier alpha value is -1.07. The van der Waals surface area contributed by atoms with Crippen LogP contribution in [0.5, 0.6) is 0 Å². The molecule has 0 aliphatic heterocycles. The highest BCUT2D eigenvalue weighted by Gasteiger charge is 2.18. The van der Waals surface area contributed by atoms with E-state index in [-0.39, 0.29) is 6.04 Å². The van der Waals surface area contributed by atoms with Crippen LogP contribution in [0.1, 0.15) is 44.7 Å². The van der Waals surface area contributed by atoms with Gasteiger partial charge in [0, 0.05) is 6.04 Å².